The van der Waals surface area contributed by atoms with E-state index in [1.165, 1.54) is 0 Å². The van der Waals surface area contributed by atoms with Crippen molar-refractivity contribution in [1.29, 1.82) is 0 Å². The average molecular weight is 320 g/mol. The van der Waals surface area contributed by atoms with Gasteiger partial charge in [-0.3, -0.25) is 0 Å². The monoisotopic (exact) mass is 320 g/mol. The van der Waals surface area contributed by atoms with Gasteiger partial charge in [-0.1, -0.05) is 0 Å². The summed E-state index contributed by atoms with van der Waals surface area (Å²) in [5.74, 6) is 2.39. The molecule has 0 fully saturated rings. The summed E-state index contributed by atoms with van der Waals surface area (Å²) >= 11 is 5.31. The van der Waals surface area contributed by atoms with Crippen molar-refractivity contribution in [2.75, 3.05) is 14.2 Å². The van der Waals surface area contributed by atoms with Crippen LogP contribution < -0.4 is 20.1 Å². The third-order valence-electron chi connectivity index (χ3n) is 3.25. The van der Waals surface area contributed by atoms with E-state index in [4.69, 9.17) is 26.1 Å². The van der Waals surface area contributed by atoms with Crippen molar-refractivity contribution >= 4 is 17.3 Å². The second-order valence-corrected chi connectivity index (χ2v) is 5.14. The molecule has 1 heterocycles. The summed E-state index contributed by atoms with van der Waals surface area (Å²) in [6.07, 6.45) is 1.64. The normalized spacial score (nSPS) is 11.6. The van der Waals surface area contributed by atoms with Crippen molar-refractivity contribution in [3.63, 3.8) is 0 Å². The lowest BCUT2D eigenvalue weighted by Crippen LogP contribution is -2.36. The molecule has 0 saturated carbocycles. The summed E-state index contributed by atoms with van der Waals surface area (Å²) in [5, 5.41) is 6.88. The minimum Gasteiger partial charge on any atom is -0.497 e. The van der Waals surface area contributed by atoms with Gasteiger partial charge in [0.2, 0.25) is 0 Å². The van der Waals surface area contributed by atoms with Crippen molar-refractivity contribution in [2.24, 2.45) is 0 Å². The quantitative estimate of drug-likeness (QED) is 0.798. The molecule has 1 atom stereocenters. The molecular weight excluding hydrogens is 300 g/mol. The average Bonchev–Trinajstić information content (AvgIpc) is 3.05. The smallest absolute Gasteiger partial charge is 0.167 e. The zero-order valence-electron chi connectivity index (χ0n) is 12.9. The molecule has 0 aliphatic rings. The Morgan fingerprint density at radius 1 is 1.27 bits per heavy atom. The van der Waals surface area contributed by atoms with Gasteiger partial charge in [0.05, 0.1) is 33.1 Å². The van der Waals surface area contributed by atoms with Gasteiger partial charge in [-0.2, -0.15) is 0 Å². The number of rotatable bonds is 6. The molecule has 0 spiro atoms. The van der Waals surface area contributed by atoms with Crippen molar-refractivity contribution in [3.05, 3.63) is 47.9 Å². The maximum Gasteiger partial charge on any atom is 0.167 e. The summed E-state index contributed by atoms with van der Waals surface area (Å²) in [7, 11) is 3.28. The predicted octanol–water partition coefficient (Wildman–Crippen LogP) is 3.02. The van der Waals surface area contributed by atoms with Crippen LogP contribution in [0.25, 0.3) is 0 Å². The van der Waals surface area contributed by atoms with E-state index in [9.17, 15) is 0 Å². The summed E-state index contributed by atoms with van der Waals surface area (Å²) in [6.45, 7) is 2.55. The number of nitrogens with one attached hydrogen (secondary N) is 2. The van der Waals surface area contributed by atoms with Crippen LogP contribution in [0.2, 0.25) is 0 Å². The first kappa shape index (κ1) is 16.2. The predicted molar refractivity (Wildman–Crippen MR) is 89.2 cm³/mol. The molecule has 1 aromatic heterocycles. The van der Waals surface area contributed by atoms with E-state index >= 15 is 0 Å². The van der Waals surface area contributed by atoms with Crippen LogP contribution in [0.3, 0.4) is 0 Å². The van der Waals surface area contributed by atoms with Crippen LogP contribution in [-0.2, 0) is 6.54 Å². The summed E-state index contributed by atoms with van der Waals surface area (Å²) in [6, 6.07) is 9.39. The molecule has 2 aromatic rings. The number of furan rings is 1. The van der Waals surface area contributed by atoms with Crippen LogP contribution in [0.5, 0.6) is 11.5 Å². The van der Waals surface area contributed by atoms with Gasteiger partial charge in [-0.25, -0.2) is 0 Å². The molecule has 0 aliphatic heterocycles. The number of hydrogen-bond donors (Lipinski definition) is 2. The zero-order valence-corrected chi connectivity index (χ0v) is 13.7. The molecule has 1 aromatic carbocycles. The lowest BCUT2D eigenvalue weighted by Gasteiger charge is -2.20. The molecule has 118 valence electrons. The van der Waals surface area contributed by atoms with Crippen LogP contribution in [0.1, 0.15) is 24.3 Å². The molecule has 2 rings (SSSR count). The van der Waals surface area contributed by atoms with Crippen molar-refractivity contribution in [3.8, 4) is 11.5 Å². The number of ether oxygens (including phenoxy) is 2. The highest BCUT2D eigenvalue weighted by Gasteiger charge is 2.13. The Morgan fingerprint density at radius 3 is 2.73 bits per heavy atom. The van der Waals surface area contributed by atoms with Crippen molar-refractivity contribution in [2.45, 2.75) is 19.5 Å². The van der Waals surface area contributed by atoms with Gasteiger partial charge in [0.25, 0.3) is 0 Å². The standard InChI is InChI=1S/C16H20N2O3S/c1-11(14-9-12(19-2)6-7-15(14)20-3)18-16(22)17-10-13-5-4-8-21-13/h4-9,11H,10H2,1-3H3,(H2,17,18,22). The maximum absolute atomic E-state index is 5.39. The van der Waals surface area contributed by atoms with Crippen molar-refractivity contribution in [1.82, 2.24) is 10.6 Å². The maximum atomic E-state index is 5.39. The second-order valence-electron chi connectivity index (χ2n) is 4.74. The Bertz CT molecular complexity index is 614. The zero-order chi connectivity index (χ0) is 15.9. The van der Waals surface area contributed by atoms with E-state index < -0.39 is 0 Å². The molecule has 5 nitrogen and oxygen atoms in total. The Morgan fingerprint density at radius 2 is 2.09 bits per heavy atom. The fraction of sp³-hybridized carbons (Fsp3) is 0.312. The molecule has 2 N–H and O–H groups in total. The first-order valence-corrected chi connectivity index (χ1v) is 7.33. The Kier molecular flexibility index (Phi) is 5.66. The lowest BCUT2D eigenvalue weighted by molar-refractivity contribution is 0.394. The van der Waals surface area contributed by atoms with Crippen LogP contribution in [0.4, 0.5) is 0 Å². The number of thiocarbonyl (C=S) groups is 1. The van der Waals surface area contributed by atoms with Crippen LogP contribution in [-0.4, -0.2) is 19.3 Å². The summed E-state index contributed by atoms with van der Waals surface area (Å²) < 4.78 is 15.9. The number of hydrogen-bond acceptors (Lipinski definition) is 4. The van der Waals surface area contributed by atoms with E-state index in [-0.39, 0.29) is 6.04 Å². The lowest BCUT2D eigenvalue weighted by atomic mass is 10.1. The SMILES string of the molecule is COc1ccc(OC)c(C(C)NC(=S)NCc2ccco2)c1. The van der Waals surface area contributed by atoms with Gasteiger partial charge in [0, 0.05) is 5.56 Å². The summed E-state index contributed by atoms with van der Waals surface area (Å²) in [5.41, 5.74) is 0.976. The van der Waals surface area contributed by atoms with Crippen LogP contribution >= 0.6 is 12.2 Å². The van der Waals surface area contributed by atoms with E-state index in [0.717, 1.165) is 22.8 Å². The molecule has 0 aliphatic carbocycles. The van der Waals surface area contributed by atoms with Gasteiger partial charge in [-0.15, -0.1) is 0 Å². The van der Waals surface area contributed by atoms with Gasteiger partial charge >= 0.3 is 0 Å². The Labute approximate surface area is 135 Å². The van der Waals surface area contributed by atoms with Gasteiger partial charge in [0.15, 0.2) is 5.11 Å². The molecule has 0 bridgehead atoms. The van der Waals surface area contributed by atoms with Gasteiger partial charge < -0.3 is 24.5 Å². The topological polar surface area (TPSA) is 55.7 Å². The highest BCUT2D eigenvalue weighted by Crippen LogP contribution is 2.29. The van der Waals surface area contributed by atoms with E-state index in [1.807, 2.05) is 37.3 Å². The third kappa shape index (κ3) is 4.14. The van der Waals surface area contributed by atoms with Crippen LogP contribution in [0.15, 0.2) is 41.0 Å². The molecule has 22 heavy (non-hydrogen) atoms. The molecule has 1 unspecified atom stereocenters. The first-order chi connectivity index (χ1) is 10.6. The number of methoxy groups -OCH3 is 2. The van der Waals surface area contributed by atoms with E-state index in [0.29, 0.717) is 11.7 Å². The minimum absolute atomic E-state index is 0.0262. The minimum atomic E-state index is -0.0262. The molecule has 0 radical (unpaired) electrons. The molecular formula is C16H20N2O3S. The van der Waals surface area contributed by atoms with E-state index in [2.05, 4.69) is 10.6 Å². The summed E-state index contributed by atoms with van der Waals surface area (Å²) in [4.78, 5) is 0. The molecule has 6 heteroatoms. The van der Waals surface area contributed by atoms with Crippen LogP contribution in [0, 0.1) is 0 Å². The highest BCUT2D eigenvalue weighted by molar-refractivity contribution is 7.80. The third-order valence-corrected chi connectivity index (χ3v) is 3.52. The van der Waals surface area contributed by atoms with Gasteiger partial charge in [-0.05, 0) is 49.5 Å². The molecule has 0 saturated heterocycles. The number of benzene rings is 1. The fourth-order valence-corrected chi connectivity index (χ4v) is 2.33. The van der Waals surface area contributed by atoms with Crippen molar-refractivity contribution < 1.29 is 13.9 Å². The molecule has 0 amide bonds. The van der Waals surface area contributed by atoms with E-state index in [1.54, 1.807) is 20.5 Å². The Hall–Kier alpha value is -2.21. The largest absolute Gasteiger partial charge is 0.497 e. The fourth-order valence-electron chi connectivity index (χ4n) is 2.08. The first-order valence-electron chi connectivity index (χ1n) is 6.92. The van der Waals surface area contributed by atoms with Gasteiger partial charge in [0.1, 0.15) is 17.3 Å². The highest BCUT2D eigenvalue weighted by atomic mass is 32.1. The Balaban J connectivity index is 1.98. The second kappa shape index (κ2) is 7.70.